The molecule has 0 saturated carbocycles. The fourth-order valence-corrected chi connectivity index (χ4v) is 2.66. The first-order chi connectivity index (χ1) is 9.65. The summed E-state index contributed by atoms with van der Waals surface area (Å²) in [6.07, 6.45) is -0.835. The van der Waals surface area contributed by atoms with Crippen LogP contribution in [0.15, 0.2) is 18.2 Å². The average molecular weight is 308 g/mol. The Hall–Kier alpha value is -1.66. The predicted octanol–water partition coefficient (Wildman–Crippen LogP) is 1.64. The minimum absolute atomic E-state index is 0.0474. The lowest BCUT2D eigenvalue weighted by molar-refractivity contribution is -0.0783. The molecule has 6 heteroatoms. The zero-order valence-electron chi connectivity index (χ0n) is 12.6. The Morgan fingerprint density at radius 2 is 2.10 bits per heavy atom. The molecule has 0 bridgehead atoms. The number of nitrogens with zero attached hydrogens (tertiary/aromatic N) is 1. The van der Waals surface area contributed by atoms with Gasteiger partial charge in [0.15, 0.2) is 10.9 Å². The number of aliphatic hydroxyl groups excluding tert-OH is 1. The number of thiocarbonyl (C=S) groups is 1. The van der Waals surface area contributed by atoms with Crippen molar-refractivity contribution in [2.45, 2.75) is 38.5 Å². The lowest BCUT2D eigenvalue weighted by Crippen LogP contribution is -2.54. The standard InChI is InChI=1S/C15H20N2O3S/c1-8(18)9-5-6-11-10(7-9)12(17(4)14(16)21)13(19)15(2,3)20-11/h5-7,12-13,19H,1-4H3,(H2,16,21)/t12-,13+/m0/s1. The maximum absolute atomic E-state index is 11.6. The van der Waals surface area contributed by atoms with Crippen LogP contribution in [0.3, 0.4) is 0 Å². The van der Waals surface area contributed by atoms with Crippen LogP contribution in [0.25, 0.3) is 0 Å². The molecule has 0 amide bonds. The van der Waals surface area contributed by atoms with Crippen LogP contribution in [0, 0.1) is 0 Å². The van der Waals surface area contributed by atoms with Crippen LogP contribution in [0.2, 0.25) is 0 Å². The third-order valence-corrected chi connectivity index (χ3v) is 4.17. The maximum Gasteiger partial charge on any atom is 0.166 e. The zero-order chi connectivity index (χ0) is 15.9. The number of benzene rings is 1. The van der Waals surface area contributed by atoms with Gasteiger partial charge in [-0.3, -0.25) is 4.79 Å². The van der Waals surface area contributed by atoms with E-state index in [1.807, 2.05) is 0 Å². The van der Waals surface area contributed by atoms with Crippen molar-refractivity contribution < 1.29 is 14.6 Å². The van der Waals surface area contributed by atoms with Gasteiger partial charge in [-0.2, -0.15) is 0 Å². The molecule has 0 spiro atoms. The Morgan fingerprint density at radius 1 is 1.48 bits per heavy atom. The van der Waals surface area contributed by atoms with Gasteiger partial charge in [0.1, 0.15) is 17.5 Å². The van der Waals surface area contributed by atoms with Crippen LogP contribution < -0.4 is 10.5 Å². The number of ether oxygens (including phenoxy) is 1. The molecule has 1 aromatic carbocycles. The van der Waals surface area contributed by atoms with Crippen LogP contribution in [0.5, 0.6) is 5.75 Å². The van der Waals surface area contributed by atoms with Crippen molar-refractivity contribution in [2.24, 2.45) is 5.73 Å². The molecular weight excluding hydrogens is 288 g/mol. The Bertz CT molecular complexity index is 601. The quantitative estimate of drug-likeness (QED) is 0.639. The highest BCUT2D eigenvalue weighted by molar-refractivity contribution is 7.80. The second-order valence-corrected chi connectivity index (χ2v) is 6.27. The number of ketones is 1. The van der Waals surface area contributed by atoms with Crippen molar-refractivity contribution in [3.05, 3.63) is 29.3 Å². The van der Waals surface area contributed by atoms with Crippen molar-refractivity contribution >= 4 is 23.1 Å². The van der Waals surface area contributed by atoms with Crippen molar-refractivity contribution in [2.75, 3.05) is 7.05 Å². The van der Waals surface area contributed by atoms with E-state index >= 15 is 0 Å². The largest absolute Gasteiger partial charge is 0.485 e. The highest BCUT2D eigenvalue weighted by Gasteiger charge is 2.45. The number of fused-ring (bicyclic) bond motifs is 1. The summed E-state index contributed by atoms with van der Waals surface area (Å²) in [6.45, 7) is 5.11. The van der Waals surface area contributed by atoms with Crippen LogP contribution >= 0.6 is 12.2 Å². The van der Waals surface area contributed by atoms with E-state index < -0.39 is 17.7 Å². The molecule has 1 heterocycles. The van der Waals surface area contributed by atoms with Crippen LogP contribution in [-0.4, -0.2) is 39.7 Å². The summed E-state index contributed by atoms with van der Waals surface area (Å²) in [6, 6.07) is 4.74. The van der Waals surface area contributed by atoms with E-state index in [0.717, 1.165) is 0 Å². The van der Waals surface area contributed by atoms with Gasteiger partial charge in [0.25, 0.3) is 0 Å². The summed E-state index contributed by atoms with van der Waals surface area (Å²) in [7, 11) is 1.72. The van der Waals surface area contributed by atoms with Crippen molar-refractivity contribution in [1.82, 2.24) is 4.90 Å². The normalized spacial score (nSPS) is 22.9. The Labute approximate surface area is 129 Å². The molecule has 0 unspecified atom stereocenters. The number of carbonyl (C=O) groups is 1. The van der Waals surface area contributed by atoms with E-state index in [4.69, 9.17) is 22.7 Å². The molecule has 3 N–H and O–H groups in total. The van der Waals surface area contributed by atoms with Gasteiger partial charge >= 0.3 is 0 Å². The summed E-state index contributed by atoms with van der Waals surface area (Å²) in [5.74, 6) is 0.581. The van der Waals surface area contributed by atoms with Crippen LogP contribution in [0.1, 0.15) is 42.7 Å². The summed E-state index contributed by atoms with van der Waals surface area (Å²) in [5.41, 5.74) is 6.20. The first-order valence-corrected chi connectivity index (χ1v) is 7.10. The highest BCUT2D eigenvalue weighted by Crippen LogP contribution is 2.42. The van der Waals surface area contributed by atoms with E-state index in [2.05, 4.69) is 0 Å². The number of likely N-dealkylation sites (N-methyl/N-ethyl adjacent to an activating group) is 1. The lowest BCUT2D eigenvalue weighted by atomic mass is 9.85. The van der Waals surface area contributed by atoms with E-state index in [-0.39, 0.29) is 10.9 Å². The fraction of sp³-hybridized carbons (Fsp3) is 0.467. The number of nitrogens with two attached hydrogens (primary N) is 1. The molecule has 5 nitrogen and oxygen atoms in total. The minimum atomic E-state index is -0.835. The van der Waals surface area contributed by atoms with E-state index in [0.29, 0.717) is 16.9 Å². The average Bonchev–Trinajstić information content (AvgIpc) is 2.38. The molecular formula is C15H20N2O3S. The minimum Gasteiger partial charge on any atom is -0.485 e. The molecule has 1 aliphatic rings. The molecule has 1 aliphatic heterocycles. The highest BCUT2D eigenvalue weighted by atomic mass is 32.1. The number of aliphatic hydroxyl groups is 1. The van der Waals surface area contributed by atoms with Crippen LogP contribution in [-0.2, 0) is 0 Å². The summed E-state index contributed by atoms with van der Waals surface area (Å²) in [5, 5.41) is 10.8. The molecule has 0 aromatic heterocycles. The third kappa shape index (κ3) is 2.73. The molecule has 2 atom stereocenters. The summed E-state index contributed by atoms with van der Waals surface area (Å²) >= 11 is 5.03. The van der Waals surface area contributed by atoms with E-state index in [1.165, 1.54) is 6.92 Å². The van der Waals surface area contributed by atoms with Gasteiger partial charge in [0, 0.05) is 18.2 Å². The topological polar surface area (TPSA) is 75.8 Å². The number of hydrogen-bond donors (Lipinski definition) is 2. The van der Waals surface area contributed by atoms with Gasteiger partial charge in [-0.25, -0.2) is 0 Å². The number of rotatable bonds is 2. The molecule has 0 aliphatic carbocycles. The third-order valence-electron chi connectivity index (χ3n) is 3.88. The second-order valence-electron chi connectivity index (χ2n) is 5.85. The van der Waals surface area contributed by atoms with E-state index in [9.17, 15) is 9.90 Å². The molecule has 2 rings (SSSR count). The Balaban J connectivity index is 2.60. The SMILES string of the molecule is CC(=O)c1ccc2c(c1)[C@H](N(C)C(N)=S)[C@@H](O)C(C)(C)O2. The molecule has 0 saturated heterocycles. The Kier molecular flexibility index (Phi) is 3.95. The lowest BCUT2D eigenvalue weighted by Gasteiger charge is -2.45. The predicted molar refractivity (Wildman–Crippen MR) is 84.4 cm³/mol. The van der Waals surface area contributed by atoms with Gasteiger partial charge in [0.2, 0.25) is 0 Å². The van der Waals surface area contributed by atoms with Gasteiger partial charge < -0.3 is 20.5 Å². The van der Waals surface area contributed by atoms with Crippen molar-refractivity contribution in [3.63, 3.8) is 0 Å². The smallest absolute Gasteiger partial charge is 0.166 e. The Morgan fingerprint density at radius 3 is 2.62 bits per heavy atom. The van der Waals surface area contributed by atoms with E-state index in [1.54, 1.807) is 44.0 Å². The van der Waals surface area contributed by atoms with Crippen molar-refractivity contribution in [1.29, 1.82) is 0 Å². The first kappa shape index (κ1) is 15.7. The van der Waals surface area contributed by atoms with Gasteiger partial charge in [-0.15, -0.1) is 0 Å². The first-order valence-electron chi connectivity index (χ1n) is 6.69. The summed E-state index contributed by atoms with van der Waals surface area (Å²) in [4.78, 5) is 13.2. The number of carbonyl (C=O) groups excluding carboxylic acids is 1. The molecule has 1 aromatic rings. The van der Waals surface area contributed by atoms with Gasteiger partial charge in [-0.05, 0) is 51.2 Å². The second kappa shape index (κ2) is 5.27. The van der Waals surface area contributed by atoms with Crippen molar-refractivity contribution in [3.8, 4) is 5.75 Å². The fourth-order valence-electron chi connectivity index (χ4n) is 2.54. The monoisotopic (exact) mass is 308 g/mol. The molecule has 21 heavy (non-hydrogen) atoms. The van der Waals surface area contributed by atoms with Gasteiger partial charge in [0.05, 0.1) is 6.04 Å². The number of Topliss-reactive ketones (excluding diaryl/α,β-unsaturated/α-hetero) is 1. The molecule has 0 fully saturated rings. The van der Waals surface area contributed by atoms with Gasteiger partial charge in [-0.1, -0.05) is 0 Å². The van der Waals surface area contributed by atoms with Crippen LogP contribution in [0.4, 0.5) is 0 Å². The number of hydrogen-bond acceptors (Lipinski definition) is 4. The molecule has 114 valence electrons. The maximum atomic E-state index is 11.6. The molecule has 0 radical (unpaired) electrons. The zero-order valence-corrected chi connectivity index (χ0v) is 13.4. The summed E-state index contributed by atoms with van der Waals surface area (Å²) < 4.78 is 5.85.